The fourth-order valence-corrected chi connectivity index (χ4v) is 2.81. The van der Waals surface area contributed by atoms with Crippen LogP contribution >= 0.6 is 0 Å². The number of H-pyrrole nitrogens is 2. The minimum absolute atomic E-state index is 0.880. The van der Waals surface area contributed by atoms with E-state index in [4.69, 9.17) is 4.74 Å². The van der Waals surface area contributed by atoms with Gasteiger partial charge < -0.3 is 9.72 Å². The number of aromatic amines is 2. The predicted octanol–water partition coefficient (Wildman–Crippen LogP) is 2.67. The number of fused-ring (bicyclic) bond motifs is 5. The van der Waals surface area contributed by atoms with E-state index >= 15 is 0 Å². The molecule has 90 valence electrons. The van der Waals surface area contributed by atoms with E-state index in [1.54, 1.807) is 7.11 Å². The molecule has 0 bridgehead atoms. The molecule has 1 aliphatic carbocycles. The number of nitrogens with zero attached hydrogens (tertiary/aromatic N) is 1. The number of benzene rings is 1. The monoisotopic (exact) mass is 239 g/mol. The molecule has 3 aromatic rings. The van der Waals surface area contributed by atoms with Crippen LogP contribution < -0.4 is 4.74 Å². The van der Waals surface area contributed by atoms with Crippen molar-refractivity contribution in [2.75, 3.05) is 7.11 Å². The Labute approximate surface area is 104 Å². The Morgan fingerprint density at radius 3 is 3.06 bits per heavy atom. The summed E-state index contributed by atoms with van der Waals surface area (Å²) >= 11 is 0. The summed E-state index contributed by atoms with van der Waals surface area (Å²) in [5, 5.41) is 8.51. The van der Waals surface area contributed by atoms with Gasteiger partial charge in [-0.2, -0.15) is 5.10 Å². The molecule has 0 atom stereocenters. The lowest BCUT2D eigenvalue weighted by Gasteiger charge is -2.11. The molecule has 1 aliphatic rings. The molecule has 0 radical (unpaired) electrons. The van der Waals surface area contributed by atoms with Crippen molar-refractivity contribution in [3.63, 3.8) is 0 Å². The number of rotatable bonds is 1. The molecule has 0 saturated heterocycles. The lowest BCUT2D eigenvalue weighted by Crippen LogP contribution is -2.00. The molecule has 4 nitrogen and oxygen atoms in total. The van der Waals surface area contributed by atoms with E-state index in [0.717, 1.165) is 29.8 Å². The maximum atomic E-state index is 5.27. The Hall–Kier alpha value is -2.23. The predicted molar refractivity (Wildman–Crippen MR) is 69.8 cm³/mol. The third kappa shape index (κ3) is 1.17. The van der Waals surface area contributed by atoms with E-state index in [1.807, 2.05) is 18.3 Å². The summed E-state index contributed by atoms with van der Waals surface area (Å²) < 4.78 is 5.27. The summed E-state index contributed by atoms with van der Waals surface area (Å²) in [6.07, 6.45) is 4.04. The average Bonchev–Trinajstić information content (AvgIpc) is 3.00. The first-order valence-corrected chi connectivity index (χ1v) is 6.08. The van der Waals surface area contributed by atoms with Crippen LogP contribution in [-0.2, 0) is 12.8 Å². The fourth-order valence-electron chi connectivity index (χ4n) is 2.81. The molecule has 4 heteroatoms. The molecule has 0 amide bonds. The summed E-state index contributed by atoms with van der Waals surface area (Å²) in [6, 6.07) is 6.19. The van der Waals surface area contributed by atoms with Crippen molar-refractivity contribution in [3.05, 3.63) is 35.5 Å². The van der Waals surface area contributed by atoms with E-state index in [0.29, 0.717) is 0 Å². The highest BCUT2D eigenvalue weighted by atomic mass is 16.5. The van der Waals surface area contributed by atoms with E-state index in [1.165, 1.54) is 22.2 Å². The fraction of sp³-hybridized carbons (Fsp3) is 0.214. The third-order valence-corrected chi connectivity index (χ3v) is 3.73. The van der Waals surface area contributed by atoms with Gasteiger partial charge >= 0.3 is 0 Å². The molecule has 1 aromatic carbocycles. The van der Waals surface area contributed by atoms with Crippen LogP contribution in [-0.4, -0.2) is 22.3 Å². The van der Waals surface area contributed by atoms with Crippen molar-refractivity contribution < 1.29 is 4.74 Å². The van der Waals surface area contributed by atoms with E-state index in [2.05, 4.69) is 21.2 Å². The van der Waals surface area contributed by atoms with Gasteiger partial charge in [0.15, 0.2) is 0 Å². The molecule has 0 spiro atoms. The number of ether oxygens (including phenoxy) is 1. The van der Waals surface area contributed by atoms with E-state index in [9.17, 15) is 0 Å². The van der Waals surface area contributed by atoms with Gasteiger partial charge in [0.05, 0.1) is 24.7 Å². The van der Waals surface area contributed by atoms with Crippen molar-refractivity contribution in [2.24, 2.45) is 0 Å². The molecular weight excluding hydrogens is 226 g/mol. The maximum Gasteiger partial charge on any atom is 0.120 e. The lowest BCUT2D eigenvalue weighted by molar-refractivity contribution is 0.415. The van der Waals surface area contributed by atoms with Gasteiger partial charge in [0.2, 0.25) is 0 Å². The minimum atomic E-state index is 0.880. The molecule has 18 heavy (non-hydrogen) atoms. The summed E-state index contributed by atoms with van der Waals surface area (Å²) in [4.78, 5) is 3.48. The zero-order valence-corrected chi connectivity index (χ0v) is 10.1. The van der Waals surface area contributed by atoms with Gasteiger partial charge in [0.1, 0.15) is 5.75 Å². The van der Waals surface area contributed by atoms with Crippen molar-refractivity contribution in [1.29, 1.82) is 0 Å². The number of aryl methyl sites for hydroxylation is 2. The molecular formula is C14H13N3O. The Bertz CT molecular complexity index is 739. The Morgan fingerprint density at radius 1 is 1.22 bits per heavy atom. The van der Waals surface area contributed by atoms with Gasteiger partial charge in [0, 0.05) is 17.0 Å². The zero-order chi connectivity index (χ0) is 12.1. The van der Waals surface area contributed by atoms with Crippen LogP contribution in [0.15, 0.2) is 24.4 Å². The lowest BCUT2D eigenvalue weighted by atomic mass is 9.94. The van der Waals surface area contributed by atoms with Crippen LogP contribution in [0.1, 0.15) is 11.1 Å². The van der Waals surface area contributed by atoms with Crippen molar-refractivity contribution in [2.45, 2.75) is 12.8 Å². The van der Waals surface area contributed by atoms with Crippen LogP contribution in [0.4, 0.5) is 0 Å². The highest BCUT2D eigenvalue weighted by molar-refractivity contribution is 5.92. The number of aromatic nitrogens is 3. The normalized spacial score (nSPS) is 13.4. The Kier molecular flexibility index (Phi) is 1.84. The standard InChI is InChI=1S/C14H13N3O/c1-18-9-3-5-10-11-4-2-8-7-15-17-13(8)14(11)16-12(10)6-9/h3,5-7,16H,2,4H2,1H3,(H,15,17). The summed E-state index contributed by atoms with van der Waals surface area (Å²) in [5.74, 6) is 0.880. The summed E-state index contributed by atoms with van der Waals surface area (Å²) in [7, 11) is 1.69. The second-order valence-corrected chi connectivity index (χ2v) is 4.66. The van der Waals surface area contributed by atoms with E-state index in [-0.39, 0.29) is 0 Å². The molecule has 2 aromatic heterocycles. The van der Waals surface area contributed by atoms with Gasteiger partial charge in [-0.3, -0.25) is 5.10 Å². The van der Waals surface area contributed by atoms with Crippen molar-refractivity contribution in [3.8, 4) is 17.1 Å². The number of nitrogens with one attached hydrogen (secondary N) is 2. The number of methoxy groups -OCH3 is 1. The van der Waals surface area contributed by atoms with Crippen LogP contribution in [0.25, 0.3) is 22.3 Å². The minimum Gasteiger partial charge on any atom is -0.497 e. The molecule has 0 fully saturated rings. The second kappa shape index (κ2) is 3.38. The summed E-state index contributed by atoms with van der Waals surface area (Å²) in [5.41, 5.74) is 6.11. The smallest absolute Gasteiger partial charge is 0.120 e. The van der Waals surface area contributed by atoms with Crippen LogP contribution in [0.3, 0.4) is 0 Å². The molecule has 0 unspecified atom stereocenters. The molecule has 2 N–H and O–H groups in total. The second-order valence-electron chi connectivity index (χ2n) is 4.66. The highest BCUT2D eigenvalue weighted by Crippen LogP contribution is 2.37. The van der Waals surface area contributed by atoms with Crippen LogP contribution in [0.5, 0.6) is 5.75 Å². The van der Waals surface area contributed by atoms with E-state index < -0.39 is 0 Å². The van der Waals surface area contributed by atoms with Crippen molar-refractivity contribution >= 4 is 10.9 Å². The van der Waals surface area contributed by atoms with Crippen molar-refractivity contribution in [1.82, 2.24) is 15.2 Å². The summed E-state index contributed by atoms with van der Waals surface area (Å²) in [6.45, 7) is 0. The first kappa shape index (κ1) is 9.76. The third-order valence-electron chi connectivity index (χ3n) is 3.73. The molecule has 0 saturated carbocycles. The van der Waals surface area contributed by atoms with Gasteiger partial charge in [-0.1, -0.05) is 0 Å². The van der Waals surface area contributed by atoms with Gasteiger partial charge in [0.25, 0.3) is 0 Å². The average molecular weight is 239 g/mol. The zero-order valence-electron chi connectivity index (χ0n) is 10.1. The molecule has 0 aliphatic heterocycles. The first-order valence-electron chi connectivity index (χ1n) is 6.08. The number of hydrogen-bond donors (Lipinski definition) is 2. The van der Waals surface area contributed by atoms with Crippen LogP contribution in [0.2, 0.25) is 0 Å². The number of hydrogen-bond acceptors (Lipinski definition) is 2. The van der Waals surface area contributed by atoms with Crippen LogP contribution in [0, 0.1) is 0 Å². The Balaban J connectivity index is 2.03. The molecule has 4 rings (SSSR count). The maximum absolute atomic E-state index is 5.27. The highest BCUT2D eigenvalue weighted by Gasteiger charge is 2.22. The first-order chi connectivity index (χ1) is 8.86. The van der Waals surface area contributed by atoms with Gasteiger partial charge in [-0.05, 0) is 36.1 Å². The SMILES string of the molecule is COc1ccc2c3c([nH]c2c1)-c1[nH]ncc1CC3. The Morgan fingerprint density at radius 2 is 2.17 bits per heavy atom. The largest absolute Gasteiger partial charge is 0.497 e. The topological polar surface area (TPSA) is 53.7 Å². The van der Waals surface area contributed by atoms with Gasteiger partial charge in [-0.15, -0.1) is 0 Å². The van der Waals surface area contributed by atoms with Gasteiger partial charge in [-0.25, -0.2) is 0 Å². The molecule has 2 heterocycles. The quantitative estimate of drug-likeness (QED) is 0.686.